The summed E-state index contributed by atoms with van der Waals surface area (Å²) in [7, 11) is 0. The van der Waals surface area contributed by atoms with E-state index in [4.69, 9.17) is 9.52 Å². The van der Waals surface area contributed by atoms with Gasteiger partial charge in [-0.3, -0.25) is 4.79 Å². The molecule has 0 atom stereocenters. The average molecular weight is 657 g/mol. The van der Waals surface area contributed by atoms with Crippen molar-refractivity contribution in [1.29, 1.82) is 0 Å². The third-order valence-electron chi connectivity index (χ3n) is 5.13. The smallest absolute Gasteiger partial charge is 0.155 e. The number of aromatic nitrogens is 1. The summed E-state index contributed by atoms with van der Waals surface area (Å²) in [6.07, 6.45) is 2.89. The zero-order valence-electron chi connectivity index (χ0n) is 19.7. The Hall–Kier alpha value is -3.86. The van der Waals surface area contributed by atoms with E-state index in [9.17, 15) is 9.18 Å². The van der Waals surface area contributed by atoms with Crippen molar-refractivity contribution in [2.24, 2.45) is 0 Å². The second-order valence-electron chi connectivity index (χ2n) is 7.98. The van der Waals surface area contributed by atoms with E-state index in [2.05, 4.69) is 29.2 Å². The van der Waals surface area contributed by atoms with Gasteiger partial charge in [-0.05, 0) is 55.4 Å². The molecule has 5 aromatic rings. The van der Waals surface area contributed by atoms with Crippen molar-refractivity contribution in [3.05, 3.63) is 115 Å². The first-order valence-electron chi connectivity index (χ1n) is 11.0. The first-order valence-corrected chi connectivity index (χ1v) is 11.0. The fourth-order valence-corrected chi connectivity index (χ4v) is 3.57. The molecule has 0 bridgehead atoms. The number of carbonyl (C=O) groups excluding carboxylic acids is 1. The van der Waals surface area contributed by atoms with Crippen LogP contribution < -0.4 is 0 Å². The van der Waals surface area contributed by atoms with Crippen molar-refractivity contribution in [2.75, 3.05) is 0 Å². The van der Waals surface area contributed by atoms with Crippen LogP contribution in [0.4, 0.5) is 4.39 Å². The summed E-state index contributed by atoms with van der Waals surface area (Å²) >= 11 is 0. The Morgan fingerprint density at radius 3 is 2.31 bits per heavy atom. The number of hydrogen-bond donors (Lipinski definition) is 1. The molecule has 183 valence electrons. The Morgan fingerprint density at radius 2 is 1.67 bits per heavy atom. The van der Waals surface area contributed by atoms with Gasteiger partial charge < -0.3 is 14.5 Å². The van der Waals surface area contributed by atoms with Crippen molar-refractivity contribution < 1.29 is 38.8 Å². The van der Waals surface area contributed by atoms with Gasteiger partial charge in [-0.25, -0.2) is 4.39 Å². The molecule has 0 amide bonds. The third kappa shape index (κ3) is 6.85. The molecule has 6 heteroatoms. The van der Waals surface area contributed by atoms with Crippen LogP contribution in [0.15, 0.2) is 107 Å². The van der Waals surface area contributed by atoms with Crippen LogP contribution in [0.3, 0.4) is 0 Å². The fraction of sp³-hybridized carbons (Fsp3) is 0.0667. The number of aliphatic hydroxyl groups excluding tert-OH is 1. The van der Waals surface area contributed by atoms with E-state index < -0.39 is 0 Å². The van der Waals surface area contributed by atoms with Crippen LogP contribution in [0.25, 0.3) is 44.7 Å². The largest absolute Gasteiger partial charge is 0.512 e. The quantitative estimate of drug-likeness (QED) is 0.122. The molecule has 3 aromatic carbocycles. The van der Waals surface area contributed by atoms with E-state index in [1.54, 1.807) is 18.3 Å². The van der Waals surface area contributed by atoms with E-state index in [-0.39, 0.29) is 37.5 Å². The molecule has 0 unspecified atom stereocenters. The number of aliphatic hydroxyl groups is 1. The Balaban J connectivity index is 0.000000400. The first-order chi connectivity index (χ1) is 16.9. The van der Waals surface area contributed by atoms with E-state index >= 15 is 0 Å². The van der Waals surface area contributed by atoms with Gasteiger partial charge in [0.05, 0.1) is 12.0 Å². The predicted octanol–water partition coefficient (Wildman–Crippen LogP) is 7.80. The van der Waals surface area contributed by atoms with Gasteiger partial charge in [-0.2, -0.15) is 0 Å². The van der Waals surface area contributed by atoms with Crippen molar-refractivity contribution in [2.45, 2.75) is 13.8 Å². The normalized spacial score (nSPS) is 10.8. The third-order valence-corrected chi connectivity index (χ3v) is 5.13. The van der Waals surface area contributed by atoms with Crippen LogP contribution in [0.5, 0.6) is 0 Å². The molecule has 0 saturated carbocycles. The molecule has 2 aromatic heterocycles. The van der Waals surface area contributed by atoms with E-state index in [1.165, 1.54) is 32.1 Å². The number of hydrogen-bond acceptors (Lipinski definition) is 4. The molecule has 0 fully saturated rings. The topological polar surface area (TPSA) is 63.3 Å². The zero-order valence-corrected chi connectivity index (χ0v) is 22.1. The van der Waals surface area contributed by atoms with Crippen molar-refractivity contribution >= 4 is 16.8 Å². The molecule has 1 radical (unpaired) electrons. The van der Waals surface area contributed by atoms with Crippen LogP contribution in [-0.4, -0.2) is 15.9 Å². The maximum Gasteiger partial charge on any atom is 0.155 e. The second kappa shape index (κ2) is 12.2. The number of carbonyl (C=O) groups is 1. The minimum atomic E-state index is -0.266. The number of fused-ring (bicyclic) bond motifs is 1. The van der Waals surface area contributed by atoms with Gasteiger partial charge in [0.25, 0.3) is 0 Å². The van der Waals surface area contributed by atoms with Crippen LogP contribution in [0, 0.1) is 11.9 Å². The molecule has 0 saturated heterocycles. The van der Waals surface area contributed by atoms with Crippen LogP contribution >= 0.6 is 0 Å². The van der Waals surface area contributed by atoms with Gasteiger partial charge in [-0.1, -0.05) is 36.4 Å². The van der Waals surface area contributed by atoms with Crippen molar-refractivity contribution in [1.82, 2.24) is 4.98 Å². The maximum absolute atomic E-state index is 13.2. The molecule has 0 aliphatic carbocycles. The first kappa shape index (κ1) is 26.7. The molecule has 0 spiro atoms. The maximum atomic E-state index is 13.2. The second-order valence-corrected chi connectivity index (χ2v) is 7.98. The Morgan fingerprint density at radius 1 is 0.944 bits per heavy atom. The van der Waals surface area contributed by atoms with Gasteiger partial charge in [-0.15, -0.1) is 35.4 Å². The molecule has 0 aliphatic heterocycles. The van der Waals surface area contributed by atoms with Gasteiger partial charge in [0.1, 0.15) is 11.6 Å². The van der Waals surface area contributed by atoms with Crippen molar-refractivity contribution in [3.63, 3.8) is 0 Å². The fourth-order valence-electron chi connectivity index (χ4n) is 3.57. The van der Waals surface area contributed by atoms with E-state index in [1.807, 2.05) is 42.5 Å². The summed E-state index contributed by atoms with van der Waals surface area (Å²) in [4.78, 5) is 14.6. The number of halogens is 1. The van der Waals surface area contributed by atoms with Gasteiger partial charge in [0.2, 0.25) is 0 Å². The van der Waals surface area contributed by atoms with Crippen LogP contribution in [-0.2, 0) is 24.9 Å². The van der Waals surface area contributed by atoms with Gasteiger partial charge in [0.15, 0.2) is 11.4 Å². The van der Waals surface area contributed by atoms with E-state index in [0.717, 1.165) is 33.3 Å². The minimum absolute atomic E-state index is 0. The Bertz CT molecular complexity index is 1490. The SMILES string of the molecule is CC(=O)/C=C(/C)O.Fc1ccc(-c2cc3cc(-c4[c-]ccc(-c5ccccc5)c4)ncc3o2)cc1.[Ir]. The number of nitrogens with zero attached hydrogens (tertiary/aromatic N) is 1. The number of pyridine rings is 1. The summed E-state index contributed by atoms with van der Waals surface area (Å²) < 4.78 is 19.0. The molecule has 36 heavy (non-hydrogen) atoms. The monoisotopic (exact) mass is 657 g/mol. The molecule has 5 rings (SSSR count). The molecular weight excluding hydrogens is 634 g/mol. The summed E-state index contributed by atoms with van der Waals surface area (Å²) in [5.41, 5.74) is 5.56. The van der Waals surface area contributed by atoms with Crippen LogP contribution in [0.1, 0.15) is 13.8 Å². The molecule has 2 heterocycles. The summed E-state index contributed by atoms with van der Waals surface area (Å²) in [6.45, 7) is 2.85. The number of allylic oxidation sites excluding steroid dienone is 2. The van der Waals surface area contributed by atoms with Crippen LogP contribution in [0.2, 0.25) is 0 Å². The number of furan rings is 1. The predicted molar refractivity (Wildman–Crippen MR) is 136 cm³/mol. The van der Waals surface area contributed by atoms with Gasteiger partial charge >= 0.3 is 0 Å². The van der Waals surface area contributed by atoms with Crippen molar-refractivity contribution in [3.8, 4) is 33.7 Å². The zero-order chi connectivity index (χ0) is 24.8. The molecule has 1 N–H and O–H groups in total. The van der Waals surface area contributed by atoms with Gasteiger partial charge in [0, 0.05) is 37.1 Å². The average Bonchev–Trinajstić information content (AvgIpc) is 3.28. The minimum Gasteiger partial charge on any atom is -0.512 e. The molecular formula is C30H23FIrNO3-. The number of rotatable bonds is 4. The molecule has 4 nitrogen and oxygen atoms in total. The summed E-state index contributed by atoms with van der Waals surface area (Å²) in [6, 6.07) is 29.8. The Kier molecular flexibility index (Phi) is 9.07. The Labute approximate surface area is 222 Å². The van der Waals surface area contributed by atoms with E-state index in [0.29, 0.717) is 11.3 Å². The number of benzene rings is 3. The summed E-state index contributed by atoms with van der Waals surface area (Å²) in [5.74, 6) is 0.362. The molecule has 0 aliphatic rings. The number of ketones is 1. The standard InChI is InChI=1S/C25H15FNO.C5H8O2.Ir/c26-22-11-9-18(10-12-22)24-15-21-14-23(27-16-25(21)28-24)20-8-4-7-19(13-20)17-5-2-1-3-6-17;1-4(6)3-5(2)7;/h1-7,9-16H;3,6H,1-2H3;/q-1;;/b;4-3-;. The summed E-state index contributed by atoms with van der Waals surface area (Å²) in [5, 5.41) is 9.31.